The maximum absolute atomic E-state index is 12.9. The molecule has 2 amide bonds. The minimum absolute atomic E-state index is 0.165. The molecule has 0 atom stereocenters. The van der Waals surface area contributed by atoms with E-state index in [0.29, 0.717) is 39.4 Å². The molecule has 3 aromatic rings. The first kappa shape index (κ1) is 21.5. The molecule has 0 unspecified atom stereocenters. The number of allylic oxidation sites excluding steroid dienone is 1. The number of imide groups is 1. The third-order valence-corrected chi connectivity index (χ3v) is 5.86. The minimum Gasteiger partial charge on any atom is -0.274 e. The Labute approximate surface area is 186 Å². The third kappa shape index (κ3) is 4.20. The molecule has 0 saturated carbocycles. The summed E-state index contributed by atoms with van der Waals surface area (Å²) in [5, 5.41) is 2.23. The number of hydrogen-bond donors (Lipinski definition) is 0. The molecule has 1 aliphatic heterocycles. The van der Waals surface area contributed by atoms with Gasteiger partial charge in [-0.25, -0.2) is 4.98 Å². The second-order valence-corrected chi connectivity index (χ2v) is 7.89. The van der Waals surface area contributed by atoms with Gasteiger partial charge in [-0.3, -0.25) is 14.5 Å². The fourth-order valence-electron chi connectivity index (χ4n) is 3.35. The van der Waals surface area contributed by atoms with Crippen LogP contribution in [-0.2, 0) is 12.6 Å². The van der Waals surface area contributed by atoms with Crippen molar-refractivity contribution in [3.63, 3.8) is 0 Å². The number of fused-ring (bicyclic) bond motifs is 1. The van der Waals surface area contributed by atoms with Crippen molar-refractivity contribution in [3.05, 3.63) is 86.9 Å². The van der Waals surface area contributed by atoms with E-state index in [1.165, 1.54) is 34.4 Å². The zero-order valence-electron chi connectivity index (χ0n) is 16.5. The summed E-state index contributed by atoms with van der Waals surface area (Å²) >= 11 is 1.25. The minimum atomic E-state index is -4.45. The van der Waals surface area contributed by atoms with Gasteiger partial charge in [0.25, 0.3) is 11.8 Å². The SMILES string of the molecule is C#C/C(=C/c1cccc(C(F)(F)F)c1)c1nc(CCN2C(=O)c3ccccc3C2=O)cs1. The summed E-state index contributed by atoms with van der Waals surface area (Å²) in [7, 11) is 0. The van der Waals surface area contributed by atoms with Crippen LogP contribution in [0.15, 0.2) is 53.9 Å². The van der Waals surface area contributed by atoms with Crippen LogP contribution in [-0.4, -0.2) is 28.2 Å². The zero-order chi connectivity index (χ0) is 22.9. The van der Waals surface area contributed by atoms with Crippen LogP contribution in [0.3, 0.4) is 0 Å². The predicted octanol–water partition coefficient (Wildman–Crippen LogP) is 5.17. The van der Waals surface area contributed by atoms with Crippen molar-refractivity contribution in [2.24, 2.45) is 0 Å². The number of hydrogen-bond acceptors (Lipinski definition) is 4. The van der Waals surface area contributed by atoms with Gasteiger partial charge < -0.3 is 0 Å². The van der Waals surface area contributed by atoms with Gasteiger partial charge in [-0.1, -0.05) is 30.2 Å². The number of alkyl halides is 3. The van der Waals surface area contributed by atoms with Gasteiger partial charge in [0.1, 0.15) is 5.01 Å². The number of rotatable bonds is 5. The van der Waals surface area contributed by atoms with Crippen molar-refractivity contribution < 1.29 is 22.8 Å². The van der Waals surface area contributed by atoms with Crippen LogP contribution in [0.25, 0.3) is 11.6 Å². The highest BCUT2D eigenvalue weighted by atomic mass is 32.1. The maximum Gasteiger partial charge on any atom is 0.416 e. The molecule has 1 aliphatic rings. The number of carbonyl (C=O) groups excluding carboxylic acids is 2. The summed E-state index contributed by atoms with van der Waals surface area (Å²) in [5.74, 6) is 1.79. The molecular weight excluding hydrogens is 437 g/mol. The van der Waals surface area contributed by atoms with Crippen LogP contribution in [0.1, 0.15) is 42.5 Å². The lowest BCUT2D eigenvalue weighted by molar-refractivity contribution is -0.137. The van der Waals surface area contributed by atoms with Crippen molar-refractivity contribution in [1.29, 1.82) is 0 Å². The fraction of sp³-hybridized carbons (Fsp3) is 0.125. The van der Waals surface area contributed by atoms with Crippen LogP contribution >= 0.6 is 11.3 Å². The van der Waals surface area contributed by atoms with E-state index in [4.69, 9.17) is 6.42 Å². The number of halogens is 3. The van der Waals surface area contributed by atoms with E-state index >= 15 is 0 Å². The Morgan fingerprint density at radius 2 is 1.78 bits per heavy atom. The highest BCUT2D eigenvalue weighted by Crippen LogP contribution is 2.31. The Bertz CT molecular complexity index is 1250. The summed E-state index contributed by atoms with van der Waals surface area (Å²) in [4.78, 5) is 30.6. The fourth-order valence-corrected chi connectivity index (χ4v) is 4.18. The zero-order valence-corrected chi connectivity index (χ0v) is 17.3. The van der Waals surface area contributed by atoms with Gasteiger partial charge in [0.15, 0.2) is 0 Å². The van der Waals surface area contributed by atoms with Gasteiger partial charge in [0.2, 0.25) is 0 Å². The van der Waals surface area contributed by atoms with Crippen LogP contribution in [0, 0.1) is 12.3 Å². The van der Waals surface area contributed by atoms with Crippen LogP contribution in [0.2, 0.25) is 0 Å². The number of nitrogens with zero attached hydrogens (tertiary/aromatic N) is 2. The van der Waals surface area contributed by atoms with E-state index in [9.17, 15) is 22.8 Å². The molecular formula is C24H15F3N2O2S. The summed E-state index contributed by atoms with van der Waals surface area (Å²) in [6.07, 6.45) is 2.94. The highest BCUT2D eigenvalue weighted by Gasteiger charge is 2.34. The lowest BCUT2D eigenvalue weighted by Crippen LogP contribution is -2.31. The maximum atomic E-state index is 12.9. The van der Waals surface area contributed by atoms with Crippen molar-refractivity contribution in [2.75, 3.05) is 6.54 Å². The molecule has 32 heavy (non-hydrogen) atoms. The summed E-state index contributed by atoms with van der Waals surface area (Å²) in [5.41, 5.74) is 1.30. The Morgan fingerprint density at radius 3 is 2.41 bits per heavy atom. The van der Waals surface area contributed by atoms with Crippen molar-refractivity contribution >= 4 is 34.8 Å². The van der Waals surface area contributed by atoms with Gasteiger partial charge in [-0.15, -0.1) is 17.8 Å². The van der Waals surface area contributed by atoms with Gasteiger partial charge in [-0.2, -0.15) is 13.2 Å². The Balaban J connectivity index is 1.49. The topological polar surface area (TPSA) is 50.3 Å². The highest BCUT2D eigenvalue weighted by molar-refractivity contribution is 7.11. The summed E-state index contributed by atoms with van der Waals surface area (Å²) < 4.78 is 38.8. The molecule has 2 aromatic carbocycles. The molecule has 0 radical (unpaired) electrons. The van der Waals surface area contributed by atoms with E-state index in [2.05, 4.69) is 10.9 Å². The third-order valence-electron chi connectivity index (χ3n) is 4.93. The van der Waals surface area contributed by atoms with E-state index in [1.807, 2.05) is 0 Å². The second kappa shape index (κ2) is 8.44. The van der Waals surface area contributed by atoms with Crippen molar-refractivity contribution in [1.82, 2.24) is 9.88 Å². The van der Waals surface area contributed by atoms with Crippen molar-refractivity contribution in [3.8, 4) is 12.3 Å². The van der Waals surface area contributed by atoms with E-state index in [1.54, 1.807) is 29.6 Å². The first-order valence-electron chi connectivity index (χ1n) is 9.53. The molecule has 2 heterocycles. The quantitative estimate of drug-likeness (QED) is 0.396. The van der Waals surface area contributed by atoms with Crippen LogP contribution in [0.5, 0.6) is 0 Å². The molecule has 160 valence electrons. The van der Waals surface area contributed by atoms with Gasteiger partial charge in [0.05, 0.1) is 28.0 Å². The lowest BCUT2D eigenvalue weighted by atomic mass is 10.1. The molecule has 8 heteroatoms. The predicted molar refractivity (Wildman–Crippen MR) is 116 cm³/mol. The molecule has 1 aromatic heterocycles. The number of aromatic nitrogens is 1. The van der Waals surface area contributed by atoms with Gasteiger partial charge in [0, 0.05) is 18.3 Å². The average Bonchev–Trinajstić information content (AvgIpc) is 3.34. The average molecular weight is 452 g/mol. The molecule has 0 saturated heterocycles. The number of carbonyl (C=O) groups is 2. The summed E-state index contributed by atoms with van der Waals surface area (Å²) in [6, 6.07) is 11.5. The molecule has 0 N–H and O–H groups in total. The molecule has 4 nitrogen and oxygen atoms in total. The molecule has 4 rings (SSSR count). The van der Waals surface area contributed by atoms with Gasteiger partial charge >= 0.3 is 6.18 Å². The Morgan fingerprint density at radius 1 is 1.09 bits per heavy atom. The van der Waals surface area contributed by atoms with Gasteiger partial charge in [-0.05, 0) is 35.9 Å². The Kier molecular flexibility index (Phi) is 5.68. The normalized spacial score (nSPS) is 13.9. The van der Waals surface area contributed by atoms with E-state index in [-0.39, 0.29) is 18.4 Å². The van der Waals surface area contributed by atoms with E-state index < -0.39 is 11.7 Å². The monoisotopic (exact) mass is 452 g/mol. The standard InChI is InChI=1S/C24H15F3N2O2S/c1-2-16(12-15-6-5-7-17(13-15)24(25,26)27)21-28-18(14-32-21)10-11-29-22(30)19-8-3-4-9-20(19)23(29)31/h1,3-9,12-14H,10-11H2/b16-12-. The van der Waals surface area contributed by atoms with Crippen LogP contribution < -0.4 is 0 Å². The number of terminal acetylenes is 1. The van der Waals surface area contributed by atoms with Crippen LogP contribution in [0.4, 0.5) is 13.2 Å². The second-order valence-electron chi connectivity index (χ2n) is 7.03. The molecule has 0 bridgehead atoms. The largest absolute Gasteiger partial charge is 0.416 e. The lowest BCUT2D eigenvalue weighted by Gasteiger charge is -2.12. The molecule has 0 spiro atoms. The van der Waals surface area contributed by atoms with E-state index in [0.717, 1.165) is 12.1 Å². The number of amides is 2. The number of thiazole rings is 1. The smallest absolute Gasteiger partial charge is 0.274 e. The molecule has 0 fully saturated rings. The van der Waals surface area contributed by atoms with Crippen molar-refractivity contribution in [2.45, 2.75) is 12.6 Å². The first-order valence-corrected chi connectivity index (χ1v) is 10.4. The Hall–Kier alpha value is -3.70. The first-order chi connectivity index (χ1) is 15.3. The number of benzene rings is 2. The molecule has 0 aliphatic carbocycles. The summed E-state index contributed by atoms with van der Waals surface area (Å²) in [6.45, 7) is 0.165.